The van der Waals surface area contributed by atoms with Crippen LogP contribution in [0, 0.1) is 5.41 Å². The molecule has 164 valence electrons. The summed E-state index contributed by atoms with van der Waals surface area (Å²) in [7, 11) is 1.42. The third-order valence-corrected chi connectivity index (χ3v) is 7.01. The third kappa shape index (κ3) is 4.36. The highest BCUT2D eigenvalue weighted by molar-refractivity contribution is 7.19. The zero-order valence-corrected chi connectivity index (χ0v) is 18.9. The fourth-order valence-corrected chi connectivity index (χ4v) is 5.57. The first-order chi connectivity index (χ1) is 14.8. The van der Waals surface area contributed by atoms with Gasteiger partial charge in [0.1, 0.15) is 0 Å². The molecule has 2 N–H and O–H groups in total. The minimum absolute atomic E-state index is 0.104. The maximum Gasteiger partial charge on any atom is 0.313 e. The molecule has 0 radical (unpaired) electrons. The molecule has 0 saturated carbocycles. The van der Waals surface area contributed by atoms with Crippen molar-refractivity contribution >= 4 is 39.6 Å². The number of thiophene rings is 1. The number of nitrogens with zero attached hydrogens (tertiary/aromatic N) is 1. The summed E-state index contributed by atoms with van der Waals surface area (Å²) >= 11 is 1.57. The third-order valence-electron chi connectivity index (χ3n) is 5.68. The zero-order valence-electron chi connectivity index (χ0n) is 18.0. The van der Waals surface area contributed by atoms with E-state index in [9.17, 15) is 14.4 Å². The van der Waals surface area contributed by atoms with Crippen LogP contribution in [0.25, 0.3) is 11.1 Å². The highest BCUT2D eigenvalue weighted by Gasteiger charge is 2.37. The molecule has 2 aromatic rings. The molecule has 1 aromatic heterocycles. The molecule has 0 spiro atoms. The van der Waals surface area contributed by atoms with Crippen molar-refractivity contribution in [1.82, 2.24) is 5.32 Å². The van der Waals surface area contributed by atoms with Gasteiger partial charge >= 0.3 is 11.8 Å². The number of carbonyl (C=O) groups excluding carboxylic acids is 3. The van der Waals surface area contributed by atoms with Crippen molar-refractivity contribution in [1.29, 1.82) is 0 Å². The molecule has 7 nitrogen and oxygen atoms in total. The molecule has 1 saturated heterocycles. The molecule has 2 aliphatic rings. The van der Waals surface area contributed by atoms with E-state index in [1.165, 1.54) is 7.05 Å². The molecule has 4 rings (SSSR count). The number of hydrogen-bond donors (Lipinski definition) is 2. The number of likely N-dealkylation sites (N-methyl/N-ethyl adjacent to an activating group) is 1. The summed E-state index contributed by atoms with van der Waals surface area (Å²) in [6, 6.07) is 7.48. The van der Waals surface area contributed by atoms with Crippen LogP contribution in [0.15, 0.2) is 24.3 Å². The first-order valence-corrected chi connectivity index (χ1v) is 11.3. The van der Waals surface area contributed by atoms with Gasteiger partial charge in [-0.2, -0.15) is 0 Å². The molecule has 1 aliphatic carbocycles. The van der Waals surface area contributed by atoms with E-state index >= 15 is 0 Å². The summed E-state index contributed by atoms with van der Waals surface area (Å²) in [5, 5.41) is 6.06. The van der Waals surface area contributed by atoms with Crippen molar-refractivity contribution in [2.24, 2.45) is 5.41 Å². The van der Waals surface area contributed by atoms with Crippen LogP contribution in [0.4, 0.5) is 10.7 Å². The quantitative estimate of drug-likeness (QED) is 0.715. The number of anilines is 2. The van der Waals surface area contributed by atoms with Gasteiger partial charge in [0.15, 0.2) is 5.78 Å². The zero-order chi connectivity index (χ0) is 22.2. The summed E-state index contributed by atoms with van der Waals surface area (Å²) in [4.78, 5) is 39.7. The smallest absolute Gasteiger partial charge is 0.313 e. The van der Waals surface area contributed by atoms with Crippen LogP contribution in [-0.4, -0.2) is 50.9 Å². The summed E-state index contributed by atoms with van der Waals surface area (Å²) in [6.07, 6.45) is 1.36. The molecule has 2 amide bonds. The number of rotatable bonds is 3. The Labute approximate surface area is 185 Å². The van der Waals surface area contributed by atoms with E-state index < -0.39 is 11.8 Å². The molecular weight excluding hydrogens is 414 g/mol. The fraction of sp³-hybridized carbons (Fsp3) is 0.435. The van der Waals surface area contributed by atoms with Gasteiger partial charge in [-0.25, -0.2) is 0 Å². The van der Waals surface area contributed by atoms with Crippen molar-refractivity contribution in [2.45, 2.75) is 26.7 Å². The number of ketones is 1. The van der Waals surface area contributed by atoms with Crippen molar-refractivity contribution < 1.29 is 19.1 Å². The van der Waals surface area contributed by atoms with Crippen LogP contribution < -0.4 is 15.5 Å². The lowest BCUT2D eigenvalue weighted by molar-refractivity contribution is -0.135. The van der Waals surface area contributed by atoms with E-state index in [1.54, 1.807) is 17.4 Å². The van der Waals surface area contributed by atoms with Crippen LogP contribution in [-0.2, 0) is 20.7 Å². The summed E-state index contributed by atoms with van der Waals surface area (Å²) < 4.78 is 5.53. The van der Waals surface area contributed by atoms with E-state index in [1.807, 2.05) is 18.2 Å². The number of amides is 2. The van der Waals surface area contributed by atoms with E-state index in [2.05, 4.69) is 29.4 Å². The number of nitrogens with one attached hydrogen (secondary N) is 2. The van der Waals surface area contributed by atoms with Gasteiger partial charge in [-0.15, -0.1) is 11.3 Å². The van der Waals surface area contributed by atoms with Crippen molar-refractivity contribution in [2.75, 3.05) is 43.6 Å². The van der Waals surface area contributed by atoms with Gasteiger partial charge in [0, 0.05) is 37.8 Å². The van der Waals surface area contributed by atoms with Crippen molar-refractivity contribution in [3.63, 3.8) is 0 Å². The standard InChI is InChI=1S/C23H27N3O4S/c1-23(2)12-16-18(14-5-4-6-15(11-14)25-21(29)20(28)24-3)22(26-7-9-30-10-8-26)31-19(16)17(27)13-23/h4-6,11H,7-10,12-13H2,1-3H3,(H,24,28)(H,25,29). The second kappa shape index (κ2) is 8.43. The monoisotopic (exact) mass is 441 g/mol. The van der Waals surface area contributed by atoms with Crippen LogP contribution in [0.5, 0.6) is 0 Å². The second-order valence-electron chi connectivity index (χ2n) is 8.74. The maximum absolute atomic E-state index is 13.0. The number of Topliss-reactive ketones (excluding diaryl/α,β-unsaturated/α-hetero) is 1. The highest BCUT2D eigenvalue weighted by Crippen LogP contribution is 2.49. The predicted octanol–water partition coefficient (Wildman–Crippen LogP) is 3.09. The number of hydrogen-bond acceptors (Lipinski definition) is 6. The lowest BCUT2D eigenvalue weighted by atomic mass is 9.75. The highest BCUT2D eigenvalue weighted by atomic mass is 32.1. The van der Waals surface area contributed by atoms with Crippen LogP contribution in [0.1, 0.15) is 35.5 Å². The van der Waals surface area contributed by atoms with E-state index in [4.69, 9.17) is 4.74 Å². The Morgan fingerprint density at radius 3 is 2.58 bits per heavy atom. The number of ether oxygens (including phenoxy) is 1. The molecule has 0 atom stereocenters. The molecule has 0 bridgehead atoms. The average Bonchev–Trinajstić information content (AvgIpc) is 3.12. The second-order valence-corrected chi connectivity index (χ2v) is 9.74. The Hall–Kier alpha value is -2.71. The lowest BCUT2D eigenvalue weighted by Gasteiger charge is -2.30. The molecular formula is C23H27N3O4S. The largest absolute Gasteiger partial charge is 0.378 e. The number of morpholine rings is 1. The Kier molecular flexibility index (Phi) is 5.85. The minimum Gasteiger partial charge on any atom is -0.378 e. The van der Waals surface area contributed by atoms with Crippen LogP contribution in [0.2, 0.25) is 0 Å². The van der Waals surface area contributed by atoms with E-state index in [0.29, 0.717) is 25.3 Å². The van der Waals surface area contributed by atoms with E-state index in [-0.39, 0.29) is 11.2 Å². The maximum atomic E-state index is 13.0. The van der Waals surface area contributed by atoms with Gasteiger partial charge in [0.05, 0.1) is 23.1 Å². The van der Waals surface area contributed by atoms with E-state index in [0.717, 1.165) is 46.1 Å². The Morgan fingerprint density at radius 2 is 1.87 bits per heavy atom. The Balaban J connectivity index is 1.80. The average molecular weight is 442 g/mol. The van der Waals surface area contributed by atoms with Gasteiger partial charge in [0.25, 0.3) is 0 Å². The fourth-order valence-electron chi connectivity index (χ4n) is 4.24. The van der Waals surface area contributed by atoms with Gasteiger partial charge in [-0.3, -0.25) is 14.4 Å². The number of benzene rings is 1. The summed E-state index contributed by atoms with van der Waals surface area (Å²) in [5.41, 5.74) is 3.51. The molecule has 1 aliphatic heterocycles. The molecule has 1 aromatic carbocycles. The minimum atomic E-state index is -0.711. The summed E-state index contributed by atoms with van der Waals surface area (Å²) in [6.45, 7) is 7.12. The molecule has 2 heterocycles. The lowest BCUT2D eigenvalue weighted by Crippen LogP contribution is -2.36. The Bertz CT molecular complexity index is 1040. The first-order valence-electron chi connectivity index (χ1n) is 10.4. The van der Waals surface area contributed by atoms with Gasteiger partial charge in [0.2, 0.25) is 0 Å². The first kappa shape index (κ1) is 21.5. The predicted molar refractivity (Wildman–Crippen MR) is 122 cm³/mol. The topological polar surface area (TPSA) is 87.7 Å². The molecule has 31 heavy (non-hydrogen) atoms. The number of fused-ring (bicyclic) bond motifs is 1. The van der Waals surface area contributed by atoms with Gasteiger partial charge in [-0.05, 0) is 35.1 Å². The van der Waals surface area contributed by atoms with Crippen LogP contribution in [0.3, 0.4) is 0 Å². The SMILES string of the molecule is CNC(=O)C(=O)Nc1cccc(-c2c(N3CCOCC3)sc3c2CC(C)(C)CC3=O)c1. The van der Waals surface area contributed by atoms with Crippen LogP contribution >= 0.6 is 11.3 Å². The normalized spacial score (nSPS) is 17.8. The summed E-state index contributed by atoms with van der Waals surface area (Å²) in [5.74, 6) is -1.21. The van der Waals surface area contributed by atoms with Gasteiger partial charge < -0.3 is 20.3 Å². The van der Waals surface area contributed by atoms with Crippen molar-refractivity contribution in [3.05, 3.63) is 34.7 Å². The molecule has 1 fully saturated rings. The van der Waals surface area contributed by atoms with Crippen molar-refractivity contribution in [3.8, 4) is 11.1 Å². The molecule has 0 unspecified atom stereocenters. The number of carbonyl (C=O) groups is 3. The van der Waals surface area contributed by atoms with Gasteiger partial charge in [-0.1, -0.05) is 26.0 Å². The Morgan fingerprint density at radius 1 is 1.13 bits per heavy atom. The molecule has 8 heteroatoms.